The second-order valence-corrected chi connectivity index (χ2v) is 7.38. The van der Waals surface area contributed by atoms with Gasteiger partial charge in [-0.1, -0.05) is 23.9 Å². The van der Waals surface area contributed by atoms with Gasteiger partial charge in [0.05, 0.1) is 18.5 Å². The van der Waals surface area contributed by atoms with E-state index in [9.17, 15) is 14.7 Å². The van der Waals surface area contributed by atoms with Gasteiger partial charge in [-0.25, -0.2) is 0 Å². The number of amidine groups is 1. The van der Waals surface area contributed by atoms with Gasteiger partial charge in [0.1, 0.15) is 16.7 Å². The largest absolute Gasteiger partial charge is 0.508 e. The number of methoxy groups -OCH3 is 1. The van der Waals surface area contributed by atoms with E-state index in [1.54, 1.807) is 55.5 Å². The van der Waals surface area contributed by atoms with E-state index in [1.807, 2.05) is 0 Å². The summed E-state index contributed by atoms with van der Waals surface area (Å²) in [4.78, 5) is 24.7. The first-order valence-corrected chi connectivity index (χ1v) is 9.66. The minimum Gasteiger partial charge on any atom is -0.508 e. The fourth-order valence-corrected chi connectivity index (χ4v) is 3.51. The lowest BCUT2D eigenvalue weighted by Gasteiger charge is -2.22. The number of amides is 2. The summed E-state index contributed by atoms with van der Waals surface area (Å²) >= 11 is 1.13. The third-order valence-electron chi connectivity index (χ3n) is 4.10. The maximum absolute atomic E-state index is 12.6. The molecule has 3 rings (SSSR count). The first kappa shape index (κ1) is 20.4. The number of nitrogens with one attached hydrogen (secondary N) is 2. The number of hydrogen-bond acceptors (Lipinski definition) is 7. The van der Waals surface area contributed by atoms with Gasteiger partial charge in [0.2, 0.25) is 11.8 Å². The Morgan fingerprint density at radius 1 is 1.24 bits per heavy atom. The number of para-hydroxylation sites is 2. The molecule has 150 valence electrons. The van der Waals surface area contributed by atoms with E-state index in [1.165, 1.54) is 7.11 Å². The van der Waals surface area contributed by atoms with E-state index in [0.29, 0.717) is 17.1 Å². The summed E-state index contributed by atoms with van der Waals surface area (Å²) in [6.45, 7) is 1.76. The van der Waals surface area contributed by atoms with Crippen molar-refractivity contribution in [3.05, 3.63) is 54.1 Å². The maximum atomic E-state index is 12.6. The Kier molecular flexibility index (Phi) is 6.50. The van der Waals surface area contributed by atoms with Crippen molar-refractivity contribution in [3.63, 3.8) is 0 Å². The van der Waals surface area contributed by atoms with Gasteiger partial charge in [-0.2, -0.15) is 5.10 Å². The molecule has 3 N–H and O–H groups in total. The Hall–Kier alpha value is -3.33. The van der Waals surface area contributed by atoms with Gasteiger partial charge in [0, 0.05) is 6.42 Å². The molecule has 8 nitrogen and oxygen atoms in total. The third kappa shape index (κ3) is 5.35. The van der Waals surface area contributed by atoms with E-state index >= 15 is 0 Å². The van der Waals surface area contributed by atoms with Crippen LogP contribution in [0.15, 0.2) is 58.7 Å². The lowest BCUT2D eigenvalue weighted by Crippen LogP contribution is -2.41. The highest BCUT2D eigenvalue weighted by atomic mass is 32.2. The Labute approximate surface area is 172 Å². The molecule has 1 atom stereocenters. The fourth-order valence-electron chi connectivity index (χ4n) is 2.58. The number of hydrogen-bond donors (Lipinski definition) is 3. The fraction of sp³-hybridized carbons (Fsp3) is 0.200. The lowest BCUT2D eigenvalue weighted by atomic mass is 10.1. The lowest BCUT2D eigenvalue weighted by molar-refractivity contribution is -0.123. The molecular formula is C20H20N4O4S. The zero-order valence-electron chi connectivity index (χ0n) is 15.9. The summed E-state index contributed by atoms with van der Waals surface area (Å²) < 4.78 is 5.23. The van der Waals surface area contributed by atoms with Gasteiger partial charge in [0.25, 0.3) is 0 Å². The molecule has 0 bridgehead atoms. The molecule has 1 fully saturated rings. The number of phenolic OH excluding ortho intramolecular Hbond substituents is 1. The van der Waals surface area contributed by atoms with Crippen LogP contribution in [0, 0.1) is 0 Å². The standard InChI is InChI=1S/C20H20N4O4S/c1-12(13-7-9-14(25)10-8-13)23-24-20-22-18(26)11-17(29-20)19(27)21-15-5-3-4-6-16(15)28-2/h3-10,17,25H,11H2,1-2H3,(H,21,27)(H,22,24,26)/b23-12-/t17-/m1/s1. The molecule has 1 aliphatic heterocycles. The number of carbonyl (C=O) groups excluding carboxylic acids is 2. The maximum Gasteiger partial charge on any atom is 0.238 e. The summed E-state index contributed by atoms with van der Waals surface area (Å²) in [6, 6.07) is 13.6. The first-order valence-electron chi connectivity index (χ1n) is 8.78. The average molecular weight is 412 g/mol. The molecule has 0 radical (unpaired) electrons. The monoisotopic (exact) mass is 412 g/mol. The highest BCUT2D eigenvalue weighted by Gasteiger charge is 2.30. The van der Waals surface area contributed by atoms with Crippen LogP contribution in [-0.2, 0) is 9.59 Å². The van der Waals surface area contributed by atoms with Gasteiger partial charge >= 0.3 is 0 Å². The third-order valence-corrected chi connectivity index (χ3v) is 5.18. The Bertz CT molecular complexity index is 973. The normalized spacial score (nSPS) is 18.3. The van der Waals surface area contributed by atoms with E-state index in [4.69, 9.17) is 4.74 Å². The molecule has 9 heteroatoms. The number of thioether (sulfide) groups is 1. The summed E-state index contributed by atoms with van der Waals surface area (Å²) in [5, 5.41) is 22.6. The van der Waals surface area contributed by atoms with Crippen molar-refractivity contribution in [2.75, 3.05) is 12.4 Å². The van der Waals surface area contributed by atoms with E-state index < -0.39 is 5.25 Å². The minimum absolute atomic E-state index is 0.0331. The molecule has 1 heterocycles. The second kappa shape index (κ2) is 9.24. The smallest absolute Gasteiger partial charge is 0.238 e. The van der Waals surface area contributed by atoms with Crippen molar-refractivity contribution in [2.45, 2.75) is 18.6 Å². The molecule has 1 saturated heterocycles. The second-order valence-electron chi connectivity index (χ2n) is 6.19. The number of ether oxygens (including phenoxy) is 1. The topological polar surface area (TPSA) is 112 Å². The molecule has 0 aliphatic carbocycles. The van der Waals surface area contributed by atoms with Gasteiger partial charge in [0.15, 0.2) is 5.17 Å². The molecule has 0 unspecified atom stereocenters. The predicted molar refractivity (Wildman–Crippen MR) is 114 cm³/mol. The van der Waals surface area contributed by atoms with E-state index in [0.717, 1.165) is 17.3 Å². The number of rotatable bonds is 5. The Balaban J connectivity index is 1.71. The average Bonchev–Trinajstić information content (AvgIpc) is 2.72. The van der Waals surface area contributed by atoms with Gasteiger partial charge < -0.3 is 20.5 Å². The number of phenols is 1. The Morgan fingerprint density at radius 2 is 1.97 bits per heavy atom. The summed E-state index contributed by atoms with van der Waals surface area (Å²) in [7, 11) is 1.52. The van der Waals surface area contributed by atoms with Crippen LogP contribution in [0.3, 0.4) is 0 Å². The van der Waals surface area contributed by atoms with E-state index in [2.05, 4.69) is 20.8 Å². The molecule has 0 saturated carbocycles. The Morgan fingerprint density at radius 3 is 2.69 bits per heavy atom. The summed E-state index contributed by atoms with van der Waals surface area (Å²) in [5.74, 6) is 0.0717. The summed E-state index contributed by atoms with van der Waals surface area (Å²) in [6.07, 6.45) is 0.0331. The predicted octanol–water partition coefficient (Wildman–Crippen LogP) is 2.74. The molecule has 0 spiro atoms. The molecule has 2 aromatic rings. The van der Waals surface area contributed by atoms with Gasteiger partial charge in [-0.3, -0.25) is 9.59 Å². The van der Waals surface area contributed by atoms with Gasteiger partial charge in [-0.05, 0) is 48.9 Å². The van der Waals surface area contributed by atoms with Crippen LogP contribution in [0.5, 0.6) is 11.5 Å². The van der Waals surface area contributed by atoms with Crippen molar-refractivity contribution >= 4 is 40.1 Å². The van der Waals surface area contributed by atoms with Crippen LogP contribution in [0.1, 0.15) is 18.9 Å². The van der Waals surface area contributed by atoms with Crippen molar-refractivity contribution < 1.29 is 19.4 Å². The van der Waals surface area contributed by atoms with E-state index in [-0.39, 0.29) is 29.2 Å². The zero-order chi connectivity index (χ0) is 20.8. The number of nitrogens with zero attached hydrogens (tertiary/aromatic N) is 2. The molecule has 2 aromatic carbocycles. The molecular weight excluding hydrogens is 392 g/mol. The SMILES string of the molecule is COc1ccccc1NC(=O)[C@H]1CC(=O)N/C(=N/N=C(/C)c2ccc(O)cc2)S1. The number of benzene rings is 2. The van der Waals surface area contributed by atoms with Crippen LogP contribution < -0.4 is 15.4 Å². The molecule has 2 amide bonds. The van der Waals surface area contributed by atoms with Crippen LogP contribution in [-0.4, -0.2) is 40.2 Å². The van der Waals surface area contributed by atoms with Crippen molar-refractivity contribution in [2.24, 2.45) is 10.2 Å². The molecule has 29 heavy (non-hydrogen) atoms. The highest BCUT2D eigenvalue weighted by Crippen LogP contribution is 2.27. The first-order chi connectivity index (χ1) is 14.0. The quantitative estimate of drug-likeness (QED) is 0.516. The van der Waals surface area contributed by atoms with Crippen molar-refractivity contribution in [1.82, 2.24) is 5.32 Å². The number of anilines is 1. The zero-order valence-corrected chi connectivity index (χ0v) is 16.7. The van der Waals surface area contributed by atoms with Crippen molar-refractivity contribution in [1.29, 1.82) is 0 Å². The van der Waals surface area contributed by atoms with Gasteiger partial charge in [-0.15, -0.1) is 5.10 Å². The number of aromatic hydroxyl groups is 1. The van der Waals surface area contributed by atoms with Crippen LogP contribution in [0.25, 0.3) is 0 Å². The molecule has 0 aromatic heterocycles. The van der Waals surface area contributed by atoms with Crippen LogP contribution in [0.2, 0.25) is 0 Å². The van der Waals surface area contributed by atoms with Crippen LogP contribution >= 0.6 is 11.8 Å². The van der Waals surface area contributed by atoms with Crippen molar-refractivity contribution in [3.8, 4) is 11.5 Å². The highest BCUT2D eigenvalue weighted by molar-refractivity contribution is 8.15. The number of carbonyl (C=O) groups is 2. The van der Waals surface area contributed by atoms with Crippen LogP contribution in [0.4, 0.5) is 5.69 Å². The molecule has 1 aliphatic rings. The minimum atomic E-state index is -0.642. The summed E-state index contributed by atoms with van der Waals surface area (Å²) in [5.41, 5.74) is 1.92.